The van der Waals surface area contributed by atoms with Crippen molar-refractivity contribution in [3.63, 3.8) is 0 Å². The van der Waals surface area contributed by atoms with Crippen molar-refractivity contribution in [3.8, 4) is 0 Å². The molecule has 6 nitrogen and oxygen atoms in total. The summed E-state index contributed by atoms with van der Waals surface area (Å²) < 4.78 is 0. The number of aromatic amines is 1. The third-order valence-electron chi connectivity index (χ3n) is 3.84. The van der Waals surface area contributed by atoms with Crippen molar-refractivity contribution < 1.29 is 4.79 Å². The Bertz CT molecular complexity index is 650. The standard InChI is InChI=1S/C18H29N5O/c1-13(2)12-21-18-22-15-8-7-14(11-16(15)23-18)17(24)20-10-6-4-3-5-9-19/h7-8,11,13H,3-6,9-10,12,19H2,1-2H3,(H,20,24)(H2,21,22,23). The van der Waals surface area contributed by atoms with E-state index in [1.165, 1.54) is 0 Å². The van der Waals surface area contributed by atoms with Gasteiger partial charge in [0.05, 0.1) is 11.0 Å². The quantitative estimate of drug-likeness (QED) is 0.503. The number of unbranched alkanes of at least 4 members (excludes halogenated alkanes) is 3. The molecule has 0 unspecified atom stereocenters. The van der Waals surface area contributed by atoms with Crippen molar-refractivity contribution in [3.05, 3.63) is 23.8 Å². The molecular formula is C18H29N5O. The lowest BCUT2D eigenvalue weighted by Crippen LogP contribution is -2.24. The summed E-state index contributed by atoms with van der Waals surface area (Å²) in [5.41, 5.74) is 7.85. The predicted molar refractivity (Wildman–Crippen MR) is 99.3 cm³/mol. The molecule has 0 saturated heterocycles. The summed E-state index contributed by atoms with van der Waals surface area (Å²) in [4.78, 5) is 19.9. The fourth-order valence-electron chi connectivity index (χ4n) is 2.46. The zero-order valence-corrected chi connectivity index (χ0v) is 14.7. The number of fused-ring (bicyclic) bond motifs is 1. The van der Waals surface area contributed by atoms with Crippen LogP contribution in [-0.4, -0.2) is 35.5 Å². The van der Waals surface area contributed by atoms with Crippen LogP contribution in [0.3, 0.4) is 0 Å². The molecule has 2 aromatic rings. The number of hydrogen-bond acceptors (Lipinski definition) is 4. The van der Waals surface area contributed by atoms with Crippen molar-refractivity contribution >= 4 is 22.9 Å². The van der Waals surface area contributed by atoms with Gasteiger partial charge in [-0.15, -0.1) is 0 Å². The number of aromatic nitrogens is 2. The Morgan fingerprint density at radius 2 is 2.04 bits per heavy atom. The number of nitrogens with two attached hydrogens (primary N) is 1. The topological polar surface area (TPSA) is 95.8 Å². The van der Waals surface area contributed by atoms with Gasteiger partial charge in [0.25, 0.3) is 5.91 Å². The summed E-state index contributed by atoms with van der Waals surface area (Å²) >= 11 is 0. The van der Waals surface area contributed by atoms with Crippen LogP contribution in [0, 0.1) is 5.92 Å². The number of amides is 1. The van der Waals surface area contributed by atoms with Crippen molar-refractivity contribution in [2.75, 3.05) is 25.0 Å². The van der Waals surface area contributed by atoms with Gasteiger partial charge in [-0.25, -0.2) is 4.98 Å². The van der Waals surface area contributed by atoms with Gasteiger partial charge < -0.3 is 21.4 Å². The lowest BCUT2D eigenvalue weighted by molar-refractivity contribution is 0.0953. The van der Waals surface area contributed by atoms with Crippen LogP contribution in [0.5, 0.6) is 0 Å². The molecule has 1 aromatic carbocycles. The van der Waals surface area contributed by atoms with Crippen LogP contribution in [-0.2, 0) is 0 Å². The van der Waals surface area contributed by atoms with E-state index in [-0.39, 0.29) is 5.91 Å². The number of nitrogens with one attached hydrogen (secondary N) is 3. The van der Waals surface area contributed by atoms with Gasteiger partial charge in [-0.3, -0.25) is 4.79 Å². The second-order valence-corrected chi connectivity index (χ2v) is 6.55. The molecule has 0 spiro atoms. The summed E-state index contributed by atoms with van der Waals surface area (Å²) in [6, 6.07) is 5.55. The molecular weight excluding hydrogens is 302 g/mol. The van der Waals surface area contributed by atoms with E-state index in [2.05, 4.69) is 34.4 Å². The molecule has 132 valence electrons. The summed E-state index contributed by atoms with van der Waals surface area (Å²) in [6.07, 6.45) is 4.26. The number of carbonyl (C=O) groups excluding carboxylic acids is 1. The van der Waals surface area contributed by atoms with E-state index in [0.29, 0.717) is 18.0 Å². The fraction of sp³-hybridized carbons (Fsp3) is 0.556. The summed E-state index contributed by atoms with van der Waals surface area (Å²) in [5, 5.41) is 6.23. The number of imidazole rings is 1. The van der Waals surface area contributed by atoms with Crippen molar-refractivity contribution in [2.45, 2.75) is 39.5 Å². The Hall–Kier alpha value is -2.08. The third-order valence-corrected chi connectivity index (χ3v) is 3.84. The Balaban J connectivity index is 1.88. The zero-order chi connectivity index (χ0) is 17.4. The van der Waals surface area contributed by atoms with Crippen LogP contribution in [0.1, 0.15) is 49.9 Å². The average molecular weight is 331 g/mol. The minimum atomic E-state index is -0.0398. The van der Waals surface area contributed by atoms with Crippen LogP contribution in [0.4, 0.5) is 5.95 Å². The maximum Gasteiger partial charge on any atom is 0.251 e. The van der Waals surface area contributed by atoms with Crippen molar-refractivity contribution in [2.24, 2.45) is 11.7 Å². The summed E-state index contributed by atoms with van der Waals surface area (Å²) in [7, 11) is 0. The summed E-state index contributed by atoms with van der Waals surface area (Å²) in [6.45, 7) is 6.59. The van der Waals surface area contributed by atoms with Crippen LogP contribution in [0.25, 0.3) is 11.0 Å². The van der Waals surface area contributed by atoms with E-state index >= 15 is 0 Å². The Morgan fingerprint density at radius 3 is 2.79 bits per heavy atom. The van der Waals surface area contributed by atoms with Gasteiger partial charge in [0.15, 0.2) is 0 Å². The van der Waals surface area contributed by atoms with Crippen molar-refractivity contribution in [1.29, 1.82) is 0 Å². The van der Waals surface area contributed by atoms with E-state index in [1.54, 1.807) is 0 Å². The Morgan fingerprint density at radius 1 is 1.25 bits per heavy atom. The third kappa shape index (κ3) is 5.53. The molecule has 2 rings (SSSR count). The first kappa shape index (κ1) is 18.3. The molecule has 0 saturated carbocycles. The van der Waals surface area contributed by atoms with E-state index in [0.717, 1.165) is 55.8 Å². The highest BCUT2D eigenvalue weighted by Crippen LogP contribution is 2.16. The van der Waals surface area contributed by atoms with E-state index in [4.69, 9.17) is 5.73 Å². The summed E-state index contributed by atoms with van der Waals surface area (Å²) in [5.74, 6) is 1.25. The van der Waals surface area contributed by atoms with Gasteiger partial charge in [0.1, 0.15) is 0 Å². The molecule has 0 aliphatic carbocycles. The lowest BCUT2D eigenvalue weighted by Gasteiger charge is -2.05. The maximum absolute atomic E-state index is 12.2. The second-order valence-electron chi connectivity index (χ2n) is 6.55. The van der Waals surface area contributed by atoms with E-state index < -0.39 is 0 Å². The highest BCUT2D eigenvalue weighted by Gasteiger charge is 2.09. The highest BCUT2D eigenvalue weighted by atomic mass is 16.1. The van der Waals surface area contributed by atoms with Gasteiger partial charge >= 0.3 is 0 Å². The van der Waals surface area contributed by atoms with Crippen LogP contribution < -0.4 is 16.4 Å². The van der Waals surface area contributed by atoms with Crippen molar-refractivity contribution in [1.82, 2.24) is 15.3 Å². The molecule has 6 heteroatoms. The SMILES string of the molecule is CC(C)CNc1nc2ccc(C(=O)NCCCCCCN)cc2[nH]1. The van der Waals surface area contributed by atoms with Gasteiger partial charge in [-0.1, -0.05) is 26.7 Å². The van der Waals surface area contributed by atoms with Crippen LogP contribution >= 0.6 is 0 Å². The molecule has 0 fully saturated rings. The van der Waals surface area contributed by atoms with Gasteiger partial charge in [-0.2, -0.15) is 0 Å². The second kappa shape index (κ2) is 9.27. The molecule has 0 bridgehead atoms. The molecule has 24 heavy (non-hydrogen) atoms. The zero-order valence-electron chi connectivity index (χ0n) is 14.7. The molecule has 0 aliphatic rings. The number of carbonyl (C=O) groups is 1. The normalized spacial score (nSPS) is 11.2. The van der Waals surface area contributed by atoms with Gasteiger partial charge in [-0.05, 0) is 43.5 Å². The number of anilines is 1. The Labute approximate surface area is 143 Å². The smallest absolute Gasteiger partial charge is 0.251 e. The molecule has 0 atom stereocenters. The molecule has 5 N–H and O–H groups in total. The number of H-pyrrole nitrogens is 1. The first-order valence-electron chi connectivity index (χ1n) is 8.82. The molecule has 0 radical (unpaired) electrons. The monoisotopic (exact) mass is 331 g/mol. The van der Waals surface area contributed by atoms with Crippen LogP contribution in [0.15, 0.2) is 18.2 Å². The fourth-order valence-corrected chi connectivity index (χ4v) is 2.46. The molecule has 1 aromatic heterocycles. The minimum Gasteiger partial charge on any atom is -0.356 e. The van der Waals surface area contributed by atoms with Crippen LogP contribution in [0.2, 0.25) is 0 Å². The number of hydrogen-bond donors (Lipinski definition) is 4. The highest BCUT2D eigenvalue weighted by molar-refractivity contribution is 5.97. The van der Waals surface area contributed by atoms with Gasteiger partial charge in [0, 0.05) is 18.7 Å². The minimum absolute atomic E-state index is 0.0398. The van der Waals surface area contributed by atoms with E-state index in [9.17, 15) is 4.79 Å². The number of rotatable bonds is 10. The largest absolute Gasteiger partial charge is 0.356 e. The maximum atomic E-state index is 12.2. The van der Waals surface area contributed by atoms with Gasteiger partial charge in [0.2, 0.25) is 5.95 Å². The molecule has 0 aliphatic heterocycles. The first-order chi connectivity index (χ1) is 11.6. The average Bonchev–Trinajstić information content (AvgIpc) is 2.98. The molecule has 1 amide bonds. The predicted octanol–water partition coefficient (Wildman–Crippen LogP) is 2.88. The molecule has 1 heterocycles. The Kier molecular flexibility index (Phi) is 7.06. The number of benzene rings is 1. The lowest BCUT2D eigenvalue weighted by atomic mass is 10.1. The van der Waals surface area contributed by atoms with E-state index in [1.807, 2.05) is 18.2 Å². The number of nitrogens with zero attached hydrogens (tertiary/aromatic N) is 1. The first-order valence-corrected chi connectivity index (χ1v) is 8.82.